The number of carbonyl (C=O) groups is 1. The van der Waals surface area contributed by atoms with Crippen LogP contribution in [0.15, 0.2) is 31.2 Å². The summed E-state index contributed by atoms with van der Waals surface area (Å²) in [6, 6.07) is 0. The molecule has 0 aliphatic heterocycles. The Kier molecular flexibility index (Phi) is 5.10. The second-order valence-electron chi connectivity index (χ2n) is 4.95. The maximum absolute atomic E-state index is 12.2. The van der Waals surface area contributed by atoms with Crippen LogP contribution < -0.4 is 10.6 Å². The predicted octanol–water partition coefficient (Wildman–Crippen LogP) is 2.85. The van der Waals surface area contributed by atoms with E-state index in [4.69, 9.17) is 0 Å². The molecule has 0 bridgehead atoms. The zero-order valence-electron chi connectivity index (χ0n) is 12.2. The molecule has 0 saturated heterocycles. The highest BCUT2D eigenvalue weighted by molar-refractivity contribution is 7.17. The number of hydrogen-bond acceptors (Lipinski definition) is 5. The van der Waals surface area contributed by atoms with Crippen LogP contribution in [0.3, 0.4) is 0 Å². The van der Waals surface area contributed by atoms with Crippen molar-refractivity contribution in [1.82, 2.24) is 14.5 Å². The summed E-state index contributed by atoms with van der Waals surface area (Å²) in [5, 5.41) is 6.57. The molecule has 0 unspecified atom stereocenters. The number of thiazole rings is 1. The van der Waals surface area contributed by atoms with Gasteiger partial charge in [-0.05, 0) is 5.92 Å². The number of nitrogens with one attached hydrogen (secondary N) is 2. The molecule has 0 radical (unpaired) electrons. The number of amides is 1. The first kappa shape index (κ1) is 15.2. The normalized spacial score (nSPS) is 10.6. The molecule has 7 heteroatoms. The third-order valence-corrected chi connectivity index (χ3v) is 3.58. The van der Waals surface area contributed by atoms with Crippen LogP contribution in [0.4, 0.5) is 11.1 Å². The van der Waals surface area contributed by atoms with Gasteiger partial charge in [0.15, 0.2) is 5.13 Å². The monoisotopic (exact) mass is 305 g/mol. The van der Waals surface area contributed by atoms with E-state index in [1.807, 2.05) is 10.8 Å². The molecule has 2 aromatic heterocycles. The Bertz CT molecular complexity index is 616. The fourth-order valence-electron chi connectivity index (χ4n) is 1.76. The third kappa shape index (κ3) is 4.16. The predicted molar refractivity (Wildman–Crippen MR) is 85.8 cm³/mol. The van der Waals surface area contributed by atoms with E-state index < -0.39 is 0 Å². The number of anilines is 2. The lowest BCUT2D eigenvalue weighted by atomic mass is 10.2. The number of carbonyl (C=O) groups excluding carboxylic acids is 1. The van der Waals surface area contributed by atoms with Gasteiger partial charge in [-0.1, -0.05) is 31.3 Å². The molecule has 0 aliphatic carbocycles. The van der Waals surface area contributed by atoms with Crippen LogP contribution in [0.1, 0.15) is 23.5 Å². The molecule has 0 fully saturated rings. The molecule has 0 saturated carbocycles. The Labute approximate surface area is 127 Å². The molecule has 0 spiro atoms. The van der Waals surface area contributed by atoms with Gasteiger partial charge < -0.3 is 9.88 Å². The van der Waals surface area contributed by atoms with Crippen molar-refractivity contribution in [3.05, 3.63) is 36.1 Å². The molecular formula is C14H19N5OS. The third-order valence-electron chi connectivity index (χ3n) is 2.63. The SMILES string of the molecule is C=CCNc1ncc(C(=O)Nc2nccn2CC(C)C)s1. The standard InChI is InChI=1S/C14H19N5OS/c1-4-5-16-14-17-8-11(21-14)12(20)18-13-15-6-7-19(13)9-10(2)3/h4,6-8,10H,1,5,9H2,2-3H3,(H,16,17)(H,15,18,20). The molecule has 0 aliphatic rings. The van der Waals surface area contributed by atoms with Crippen LogP contribution in [-0.2, 0) is 6.54 Å². The number of imidazole rings is 1. The molecule has 2 rings (SSSR count). The summed E-state index contributed by atoms with van der Waals surface area (Å²) >= 11 is 1.30. The molecule has 2 N–H and O–H groups in total. The van der Waals surface area contributed by atoms with Gasteiger partial charge in [-0.25, -0.2) is 9.97 Å². The smallest absolute Gasteiger partial charge is 0.269 e. The summed E-state index contributed by atoms with van der Waals surface area (Å²) in [7, 11) is 0. The van der Waals surface area contributed by atoms with Gasteiger partial charge in [-0.15, -0.1) is 6.58 Å². The topological polar surface area (TPSA) is 71.8 Å². The van der Waals surface area contributed by atoms with Gasteiger partial charge >= 0.3 is 0 Å². The Morgan fingerprint density at radius 1 is 1.52 bits per heavy atom. The highest BCUT2D eigenvalue weighted by Crippen LogP contribution is 2.19. The fourth-order valence-corrected chi connectivity index (χ4v) is 2.48. The minimum atomic E-state index is -0.199. The molecule has 21 heavy (non-hydrogen) atoms. The van der Waals surface area contributed by atoms with E-state index in [9.17, 15) is 4.79 Å². The van der Waals surface area contributed by atoms with Crippen LogP contribution in [0.5, 0.6) is 0 Å². The van der Waals surface area contributed by atoms with Crippen molar-refractivity contribution < 1.29 is 4.79 Å². The van der Waals surface area contributed by atoms with Gasteiger partial charge in [0.25, 0.3) is 5.91 Å². The van der Waals surface area contributed by atoms with Gasteiger partial charge in [0.2, 0.25) is 5.95 Å². The van der Waals surface area contributed by atoms with E-state index in [0.29, 0.717) is 28.4 Å². The van der Waals surface area contributed by atoms with Crippen LogP contribution in [0, 0.1) is 5.92 Å². The van der Waals surface area contributed by atoms with Crippen molar-refractivity contribution in [3.63, 3.8) is 0 Å². The van der Waals surface area contributed by atoms with E-state index in [0.717, 1.165) is 6.54 Å². The zero-order valence-corrected chi connectivity index (χ0v) is 13.0. The maximum atomic E-state index is 12.2. The zero-order chi connectivity index (χ0) is 15.2. The summed E-state index contributed by atoms with van der Waals surface area (Å²) in [4.78, 5) is 21.1. The molecule has 1 amide bonds. The largest absolute Gasteiger partial charge is 0.358 e. The van der Waals surface area contributed by atoms with Gasteiger partial charge in [0, 0.05) is 25.5 Å². The first-order valence-electron chi connectivity index (χ1n) is 6.73. The number of aromatic nitrogens is 3. The minimum absolute atomic E-state index is 0.199. The lowest BCUT2D eigenvalue weighted by molar-refractivity contribution is 0.102. The maximum Gasteiger partial charge on any atom is 0.269 e. The van der Waals surface area contributed by atoms with E-state index in [2.05, 4.69) is 41.0 Å². The van der Waals surface area contributed by atoms with Gasteiger partial charge in [-0.3, -0.25) is 10.1 Å². The molecule has 0 aromatic carbocycles. The Balaban J connectivity index is 2.02. The van der Waals surface area contributed by atoms with E-state index in [1.165, 1.54) is 11.3 Å². The lowest BCUT2D eigenvalue weighted by Crippen LogP contribution is -2.16. The summed E-state index contributed by atoms with van der Waals surface area (Å²) < 4.78 is 1.93. The van der Waals surface area contributed by atoms with Crippen LogP contribution in [0.25, 0.3) is 0 Å². The summed E-state index contributed by atoms with van der Waals surface area (Å²) in [6.45, 7) is 9.29. The van der Waals surface area contributed by atoms with Gasteiger partial charge in [-0.2, -0.15) is 0 Å². The van der Waals surface area contributed by atoms with E-state index in [1.54, 1.807) is 18.5 Å². The van der Waals surface area contributed by atoms with Crippen molar-refractivity contribution in [3.8, 4) is 0 Å². The first-order valence-corrected chi connectivity index (χ1v) is 7.55. The van der Waals surface area contributed by atoms with Gasteiger partial charge in [0.05, 0.1) is 6.20 Å². The molecule has 6 nitrogen and oxygen atoms in total. The van der Waals surface area contributed by atoms with Crippen LogP contribution >= 0.6 is 11.3 Å². The molecule has 2 heterocycles. The number of hydrogen-bond donors (Lipinski definition) is 2. The van der Waals surface area contributed by atoms with Crippen molar-refractivity contribution >= 4 is 28.3 Å². The van der Waals surface area contributed by atoms with E-state index in [-0.39, 0.29) is 5.91 Å². The fraction of sp³-hybridized carbons (Fsp3) is 0.357. The molecule has 112 valence electrons. The highest BCUT2D eigenvalue weighted by Gasteiger charge is 2.13. The van der Waals surface area contributed by atoms with Crippen molar-refractivity contribution in [2.24, 2.45) is 5.92 Å². The quantitative estimate of drug-likeness (QED) is 0.772. The minimum Gasteiger partial charge on any atom is -0.358 e. The van der Waals surface area contributed by atoms with Crippen molar-refractivity contribution in [2.45, 2.75) is 20.4 Å². The van der Waals surface area contributed by atoms with Gasteiger partial charge in [0.1, 0.15) is 4.88 Å². The Morgan fingerprint density at radius 2 is 2.33 bits per heavy atom. The molecular weight excluding hydrogens is 286 g/mol. The second-order valence-corrected chi connectivity index (χ2v) is 5.98. The lowest BCUT2D eigenvalue weighted by Gasteiger charge is -2.10. The molecule has 0 atom stereocenters. The van der Waals surface area contributed by atoms with Crippen molar-refractivity contribution in [2.75, 3.05) is 17.2 Å². The number of rotatable bonds is 7. The average molecular weight is 305 g/mol. The van der Waals surface area contributed by atoms with Crippen LogP contribution in [-0.4, -0.2) is 27.0 Å². The van der Waals surface area contributed by atoms with Crippen LogP contribution in [0.2, 0.25) is 0 Å². The second kappa shape index (κ2) is 7.03. The number of nitrogens with zero attached hydrogens (tertiary/aromatic N) is 3. The molecule has 2 aromatic rings. The summed E-state index contributed by atoms with van der Waals surface area (Å²) in [5.74, 6) is 0.839. The van der Waals surface area contributed by atoms with Crippen molar-refractivity contribution in [1.29, 1.82) is 0 Å². The Hall–Kier alpha value is -2.15. The first-order chi connectivity index (χ1) is 10.1. The van der Waals surface area contributed by atoms with E-state index >= 15 is 0 Å². The highest BCUT2D eigenvalue weighted by atomic mass is 32.1. The Morgan fingerprint density at radius 3 is 3.05 bits per heavy atom. The average Bonchev–Trinajstić information content (AvgIpc) is 3.06. The summed E-state index contributed by atoms with van der Waals surface area (Å²) in [5.41, 5.74) is 0. The summed E-state index contributed by atoms with van der Waals surface area (Å²) in [6.07, 6.45) is 6.84.